The van der Waals surface area contributed by atoms with Gasteiger partial charge in [0.15, 0.2) is 35.1 Å². The van der Waals surface area contributed by atoms with Gasteiger partial charge in [-0.2, -0.15) is 0 Å². The standard InChI is InChI=1S/C22H26N6O4/c1-4-23-20(29)16-15-17(32-22(2,3)31-15)21(30-16)28-12-27-14-18(25-11-26-19(14)28)24-10-13-8-6-5-7-9-13/h5-9,11-12,15-17,21H,4,10H2,1-3H3,(H,23,29)(H,24,25,26)/t15-,16+,17-,21-/m0/s1. The van der Waals surface area contributed by atoms with Crippen LogP contribution in [-0.4, -0.2) is 56.1 Å². The minimum Gasteiger partial charge on any atom is -0.364 e. The fourth-order valence-electron chi connectivity index (χ4n) is 4.24. The minimum atomic E-state index is -0.824. The van der Waals surface area contributed by atoms with Crippen molar-refractivity contribution in [1.82, 2.24) is 24.8 Å². The molecule has 0 bridgehead atoms. The Morgan fingerprint density at radius 2 is 1.91 bits per heavy atom. The van der Waals surface area contributed by atoms with Gasteiger partial charge < -0.3 is 24.8 Å². The number of aromatic nitrogens is 4. The zero-order valence-corrected chi connectivity index (χ0v) is 18.2. The molecule has 2 aromatic heterocycles. The molecule has 2 aliphatic heterocycles. The van der Waals surface area contributed by atoms with Gasteiger partial charge in [0.1, 0.15) is 18.5 Å². The molecule has 4 atom stereocenters. The molecule has 1 amide bonds. The second-order valence-corrected chi connectivity index (χ2v) is 8.29. The number of hydrogen-bond donors (Lipinski definition) is 2. The van der Waals surface area contributed by atoms with Crippen molar-refractivity contribution in [3.8, 4) is 0 Å². The molecule has 3 aromatic rings. The first-order valence-corrected chi connectivity index (χ1v) is 10.7. The van der Waals surface area contributed by atoms with Gasteiger partial charge in [0.2, 0.25) is 0 Å². The van der Waals surface area contributed by atoms with Gasteiger partial charge in [-0.25, -0.2) is 15.0 Å². The Labute approximate surface area is 185 Å². The normalized spacial score (nSPS) is 26.2. The smallest absolute Gasteiger partial charge is 0.252 e. The first-order chi connectivity index (χ1) is 15.5. The van der Waals surface area contributed by atoms with E-state index < -0.39 is 30.3 Å². The summed E-state index contributed by atoms with van der Waals surface area (Å²) in [6.07, 6.45) is 0.710. The summed E-state index contributed by atoms with van der Waals surface area (Å²) in [5.41, 5.74) is 2.33. The van der Waals surface area contributed by atoms with Gasteiger partial charge in [0.05, 0.1) is 6.33 Å². The molecule has 4 heterocycles. The molecular weight excluding hydrogens is 412 g/mol. The summed E-state index contributed by atoms with van der Waals surface area (Å²) < 4.78 is 20.1. The number of nitrogens with one attached hydrogen (secondary N) is 2. The fourth-order valence-corrected chi connectivity index (χ4v) is 4.24. The van der Waals surface area contributed by atoms with Crippen LogP contribution in [0.25, 0.3) is 11.2 Å². The van der Waals surface area contributed by atoms with Gasteiger partial charge in [-0.1, -0.05) is 30.3 Å². The Balaban J connectivity index is 1.44. The molecule has 2 saturated heterocycles. The molecule has 10 nitrogen and oxygen atoms in total. The molecular formula is C22H26N6O4. The van der Waals surface area contributed by atoms with Crippen LogP contribution in [0.5, 0.6) is 0 Å². The maximum atomic E-state index is 12.6. The maximum Gasteiger partial charge on any atom is 0.252 e. The van der Waals surface area contributed by atoms with Crippen LogP contribution in [-0.2, 0) is 25.5 Å². The van der Waals surface area contributed by atoms with Gasteiger partial charge in [-0.15, -0.1) is 0 Å². The Kier molecular flexibility index (Phi) is 5.28. The molecule has 2 fully saturated rings. The molecule has 0 aliphatic carbocycles. The van der Waals surface area contributed by atoms with E-state index in [0.717, 1.165) is 5.56 Å². The van der Waals surface area contributed by atoms with E-state index in [1.807, 2.05) is 51.1 Å². The van der Waals surface area contributed by atoms with E-state index >= 15 is 0 Å². The van der Waals surface area contributed by atoms with Crippen LogP contribution in [0.4, 0.5) is 5.82 Å². The molecule has 168 valence electrons. The molecule has 1 aromatic carbocycles. The molecule has 32 heavy (non-hydrogen) atoms. The SMILES string of the molecule is CCNC(=O)[C@@H]1O[C@H](n2cnc3c(NCc4ccccc4)ncnc32)[C@H]2OC(C)(C)O[C@H]21. The first-order valence-electron chi connectivity index (χ1n) is 10.7. The van der Waals surface area contributed by atoms with E-state index in [-0.39, 0.29) is 5.91 Å². The highest BCUT2D eigenvalue weighted by Crippen LogP contribution is 2.43. The Hall–Kier alpha value is -3.08. The third-order valence-electron chi connectivity index (χ3n) is 5.57. The molecule has 0 radical (unpaired) electrons. The fraction of sp³-hybridized carbons (Fsp3) is 0.455. The van der Waals surface area contributed by atoms with E-state index in [1.165, 1.54) is 6.33 Å². The molecule has 0 unspecified atom stereocenters. The number of nitrogens with zero attached hydrogens (tertiary/aromatic N) is 4. The van der Waals surface area contributed by atoms with Crippen molar-refractivity contribution in [3.05, 3.63) is 48.5 Å². The molecule has 0 saturated carbocycles. The number of likely N-dealkylation sites (N-methyl/N-ethyl adjacent to an activating group) is 1. The summed E-state index contributed by atoms with van der Waals surface area (Å²) in [5, 5.41) is 6.14. The van der Waals surface area contributed by atoms with Gasteiger partial charge >= 0.3 is 0 Å². The topological polar surface area (TPSA) is 112 Å². The van der Waals surface area contributed by atoms with Crippen LogP contribution in [0, 0.1) is 0 Å². The van der Waals surface area contributed by atoms with Crippen molar-refractivity contribution in [2.75, 3.05) is 11.9 Å². The molecule has 0 spiro atoms. The number of amides is 1. The van der Waals surface area contributed by atoms with Crippen molar-refractivity contribution in [3.63, 3.8) is 0 Å². The summed E-state index contributed by atoms with van der Waals surface area (Å²) >= 11 is 0. The number of carbonyl (C=O) groups excluding carboxylic acids is 1. The van der Waals surface area contributed by atoms with Crippen molar-refractivity contribution in [2.24, 2.45) is 0 Å². The zero-order chi connectivity index (χ0) is 22.3. The summed E-state index contributed by atoms with van der Waals surface area (Å²) in [4.78, 5) is 25.9. The van der Waals surface area contributed by atoms with E-state index in [2.05, 4.69) is 25.6 Å². The highest BCUT2D eigenvalue weighted by Gasteiger charge is 2.58. The number of benzene rings is 1. The molecule has 2 N–H and O–H groups in total. The van der Waals surface area contributed by atoms with E-state index in [9.17, 15) is 4.79 Å². The number of fused-ring (bicyclic) bond motifs is 2. The summed E-state index contributed by atoms with van der Waals surface area (Å²) in [6, 6.07) is 10.0. The van der Waals surface area contributed by atoms with E-state index in [0.29, 0.717) is 30.1 Å². The lowest BCUT2D eigenvalue weighted by Gasteiger charge is -2.24. The Morgan fingerprint density at radius 1 is 1.12 bits per heavy atom. The van der Waals surface area contributed by atoms with Crippen LogP contribution < -0.4 is 10.6 Å². The quantitative estimate of drug-likeness (QED) is 0.601. The monoisotopic (exact) mass is 438 g/mol. The van der Waals surface area contributed by atoms with Crippen LogP contribution in [0.15, 0.2) is 43.0 Å². The largest absolute Gasteiger partial charge is 0.364 e. The van der Waals surface area contributed by atoms with Crippen molar-refractivity contribution >= 4 is 22.9 Å². The summed E-state index contributed by atoms with van der Waals surface area (Å²) in [7, 11) is 0. The maximum absolute atomic E-state index is 12.6. The number of rotatable bonds is 6. The summed E-state index contributed by atoms with van der Waals surface area (Å²) in [5.74, 6) is -0.428. The average Bonchev–Trinajstić information content (AvgIpc) is 3.43. The van der Waals surface area contributed by atoms with Crippen LogP contribution in [0.3, 0.4) is 0 Å². The van der Waals surface area contributed by atoms with Gasteiger partial charge in [-0.3, -0.25) is 9.36 Å². The second-order valence-electron chi connectivity index (χ2n) is 8.29. The third kappa shape index (κ3) is 3.70. The van der Waals surface area contributed by atoms with Crippen molar-refractivity contribution in [2.45, 2.75) is 57.6 Å². The van der Waals surface area contributed by atoms with Crippen LogP contribution in [0.2, 0.25) is 0 Å². The highest BCUT2D eigenvalue weighted by molar-refractivity contribution is 5.83. The molecule has 2 aliphatic rings. The van der Waals surface area contributed by atoms with Gasteiger partial charge in [0.25, 0.3) is 5.91 Å². The number of carbonyl (C=O) groups is 1. The Morgan fingerprint density at radius 3 is 2.69 bits per heavy atom. The lowest BCUT2D eigenvalue weighted by atomic mass is 10.1. The second kappa shape index (κ2) is 8.12. The number of imidazole rings is 1. The first kappa shape index (κ1) is 20.8. The minimum absolute atomic E-state index is 0.226. The predicted molar refractivity (Wildman–Crippen MR) is 116 cm³/mol. The van der Waals surface area contributed by atoms with Gasteiger partial charge in [0, 0.05) is 13.1 Å². The van der Waals surface area contributed by atoms with Crippen LogP contribution in [0.1, 0.15) is 32.6 Å². The number of anilines is 1. The summed E-state index contributed by atoms with van der Waals surface area (Å²) in [6.45, 7) is 6.63. The van der Waals surface area contributed by atoms with E-state index in [1.54, 1.807) is 10.9 Å². The third-order valence-corrected chi connectivity index (χ3v) is 5.57. The van der Waals surface area contributed by atoms with Crippen molar-refractivity contribution < 1.29 is 19.0 Å². The lowest BCUT2D eigenvalue weighted by molar-refractivity contribution is -0.197. The lowest BCUT2D eigenvalue weighted by Crippen LogP contribution is -2.42. The van der Waals surface area contributed by atoms with Crippen molar-refractivity contribution in [1.29, 1.82) is 0 Å². The highest BCUT2D eigenvalue weighted by atomic mass is 16.8. The molecule has 5 rings (SSSR count). The number of ether oxygens (including phenoxy) is 3. The zero-order valence-electron chi connectivity index (χ0n) is 18.2. The van der Waals surface area contributed by atoms with E-state index in [4.69, 9.17) is 14.2 Å². The average molecular weight is 438 g/mol. The predicted octanol–water partition coefficient (Wildman–Crippen LogP) is 1.99. The molecule has 10 heteroatoms. The Bertz CT molecular complexity index is 1120. The van der Waals surface area contributed by atoms with Gasteiger partial charge in [-0.05, 0) is 26.3 Å². The van der Waals surface area contributed by atoms with Crippen LogP contribution >= 0.6 is 0 Å². The number of hydrogen-bond acceptors (Lipinski definition) is 8.